The van der Waals surface area contributed by atoms with Gasteiger partial charge in [0, 0.05) is 18.8 Å². The number of carbonyl (C=O) groups is 1. The van der Waals surface area contributed by atoms with Gasteiger partial charge in [-0.15, -0.1) is 0 Å². The van der Waals surface area contributed by atoms with E-state index in [1.807, 2.05) is 24.3 Å². The van der Waals surface area contributed by atoms with Gasteiger partial charge in [0.2, 0.25) is 5.91 Å². The first-order valence-corrected chi connectivity index (χ1v) is 11.2. The van der Waals surface area contributed by atoms with E-state index in [4.69, 9.17) is 11.6 Å². The summed E-state index contributed by atoms with van der Waals surface area (Å²) in [6, 6.07) is 10.3. The average molecular weight is 438 g/mol. The van der Waals surface area contributed by atoms with Gasteiger partial charge < -0.3 is 5.32 Å². The lowest BCUT2D eigenvalue weighted by Crippen LogP contribution is -2.55. The molecule has 9 heteroatoms. The molecular formula is C20H21ClFN3O3S. The Kier molecular flexibility index (Phi) is 5.37. The molecule has 2 unspecified atom stereocenters. The highest BCUT2D eigenvalue weighted by molar-refractivity contribution is 7.87. The number of nitrogens with one attached hydrogen (secondary N) is 2. The predicted molar refractivity (Wildman–Crippen MR) is 109 cm³/mol. The average Bonchev–Trinajstić information content (AvgIpc) is 3.52. The van der Waals surface area contributed by atoms with Crippen molar-refractivity contribution in [1.29, 1.82) is 0 Å². The molecule has 0 bridgehead atoms. The molecule has 1 heterocycles. The van der Waals surface area contributed by atoms with Crippen molar-refractivity contribution < 1.29 is 17.6 Å². The third-order valence-electron chi connectivity index (χ3n) is 5.42. The summed E-state index contributed by atoms with van der Waals surface area (Å²) in [7, 11) is -2.48. The van der Waals surface area contributed by atoms with Crippen LogP contribution in [0.2, 0.25) is 5.02 Å². The van der Waals surface area contributed by atoms with E-state index in [2.05, 4.69) is 10.0 Å². The Labute approximate surface area is 174 Å². The molecule has 0 aromatic heterocycles. The zero-order valence-electron chi connectivity index (χ0n) is 15.7. The van der Waals surface area contributed by atoms with Crippen molar-refractivity contribution in [2.75, 3.05) is 12.4 Å². The van der Waals surface area contributed by atoms with Crippen molar-refractivity contribution >= 4 is 33.4 Å². The fourth-order valence-corrected chi connectivity index (χ4v) is 5.03. The molecule has 1 amide bonds. The second-order valence-corrected chi connectivity index (χ2v) is 9.67. The number of nitrogens with zero attached hydrogens (tertiary/aromatic N) is 1. The minimum atomic E-state index is -3.84. The lowest BCUT2D eigenvalue weighted by molar-refractivity contribution is -0.120. The number of hydrogen-bond acceptors (Lipinski definition) is 3. The highest BCUT2D eigenvalue weighted by atomic mass is 35.5. The van der Waals surface area contributed by atoms with Gasteiger partial charge in [-0.3, -0.25) is 4.79 Å². The van der Waals surface area contributed by atoms with Crippen LogP contribution in [-0.4, -0.2) is 31.7 Å². The molecule has 2 N–H and O–H groups in total. The number of rotatable bonds is 4. The molecule has 2 fully saturated rings. The topological polar surface area (TPSA) is 78.5 Å². The van der Waals surface area contributed by atoms with Crippen LogP contribution in [0.1, 0.15) is 42.3 Å². The third kappa shape index (κ3) is 4.30. The van der Waals surface area contributed by atoms with Crippen molar-refractivity contribution in [3.05, 3.63) is 64.4 Å². The summed E-state index contributed by atoms with van der Waals surface area (Å²) < 4.78 is 42.3. The van der Waals surface area contributed by atoms with Crippen LogP contribution in [0.4, 0.5) is 10.1 Å². The Balaban J connectivity index is 1.57. The summed E-state index contributed by atoms with van der Waals surface area (Å²) in [5, 5.41) is 2.51. The molecule has 29 heavy (non-hydrogen) atoms. The molecule has 6 nitrogen and oxygen atoms in total. The van der Waals surface area contributed by atoms with E-state index >= 15 is 0 Å². The van der Waals surface area contributed by atoms with Crippen LogP contribution in [0.3, 0.4) is 0 Å². The van der Waals surface area contributed by atoms with E-state index in [1.165, 1.54) is 24.7 Å². The smallest absolute Gasteiger partial charge is 0.280 e. The van der Waals surface area contributed by atoms with Gasteiger partial charge in [0.05, 0.1) is 5.02 Å². The summed E-state index contributed by atoms with van der Waals surface area (Å²) in [4.78, 5) is 12.8. The number of likely N-dealkylation sites (N-methyl/N-ethyl adjacent to an activating group) is 1. The van der Waals surface area contributed by atoms with Crippen molar-refractivity contribution in [3.63, 3.8) is 0 Å². The molecule has 2 aromatic carbocycles. The van der Waals surface area contributed by atoms with Gasteiger partial charge in [-0.25, -0.2) is 4.39 Å². The van der Waals surface area contributed by atoms with Crippen molar-refractivity contribution in [2.24, 2.45) is 0 Å². The van der Waals surface area contributed by atoms with Crippen LogP contribution >= 0.6 is 11.6 Å². The molecule has 4 rings (SSSR count). The molecule has 2 aromatic rings. The minimum absolute atomic E-state index is 0.121. The molecule has 154 valence electrons. The first-order chi connectivity index (χ1) is 13.7. The number of carbonyl (C=O) groups excluding carboxylic acids is 1. The van der Waals surface area contributed by atoms with Gasteiger partial charge in [0.1, 0.15) is 11.9 Å². The second kappa shape index (κ2) is 7.68. The summed E-state index contributed by atoms with van der Waals surface area (Å²) in [5.41, 5.74) is 2.34. The van der Waals surface area contributed by atoms with Crippen molar-refractivity contribution in [3.8, 4) is 0 Å². The van der Waals surface area contributed by atoms with Crippen LogP contribution in [-0.2, 0) is 15.0 Å². The van der Waals surface area contributed by atoms with E-state index < -0.39 is 34.0 Å². The molecular weight excluding hydrogens is 417 g/mol. The highest BCUT2D eigenvalue weighted by Gasteiger charge is 2.41. The van der Waals surface area contributed by atoms with Gasteiger partial charge in [-0.05, 0) is 54.5 Å². The summed E-state index contributed by atoms with van der Waals surface area (Å²) in [6.07, 6.45) is 2.56. The Hall–Kier alpha value is -2.00. The maximum absolute atomic E-state index is 13.3. The molecule has 1 saturated carbocycles. The van der Waals surface area contributed by atoms with Crippen LogP contribution in [0, 0.1) is 5.82 Å². The normalized spacial score (nSPS) is 24.2. The monoisotopic (exact) mass is 437 g/mol. The number of hydrogen-bond donors (Lipinski definition) is 2. The van der Waals surface area contributed by atoms with Crippen molar-refractivity contribution in [1.82, 2.24) is 9.03 Å². The Morgan fingerprint density at radius 2 is 1.93 bits per heavy atom. The summed E-state index contributed by atoms with van der Waals surface area (Å²) in [5.74, 6) is -0.550. The van der Waals surface area contributed by atoms with E-state index in [9.17, 15) is 17.6 Å². The van der Waals surface area contributed by atoms with Crippen LogP contribution in [0.25, 0.3) is 0 Å². The molecule has 2 atom stereocenters. The number of anilines is 1. The SMILES string of the molecule is CN1C(C(=O)Nc2ccc(F)c(Cl)c2)CC(c2cccc(C3CC3)c2)NS1(=O)=O. The van der Waals surface area contributed by atoms with Gasteiger partial charge >= 0.3 is 0 Å². The van der Waals surface area contributed by atoms with Gasteiger partial charge in [-0.1, -0.05) is 35.9 Å². The number of amides is 1. The molecule has 1 aliphatic carbocycles. The zero-order chi connectivity index (χ0) is 20.8. The third-order valence-corrected chi connectivity index (χ3v) is 7.30. The Morgan fingerprint density at radius 3 is 2.62 bits per heavy atom. The highest BCUT2D eigenvalue weighted by Crippen LogP contribution is 2.41. The number of benzene rings is 2. The zero-order valence-corrected chi connectivity index (χ0v) is 17.3. The van der Waals surface area contributed by atoms with E-state index in [1.54, 1.807) is 0 Å². The van der Waals surface area contributed by atoms with Crippen LogP contribution in [0.5, 0.6) is 0 Å². The molecule has 1 saturated heterocycles. The van der Waals surface area contributed by atoms with Crippen molar-refractivity contribution in [2.45, 2.75) is 37.3 Å². The van der Waals surface area contributed by atoms with Gasteiger partial charge in [0.15, 0.2) is 0 Å². The van der Waals surface area contributed by atoms with Crippen LogP contribution < -0.4 is 10.0 Å². The first kappa shape index (κ1) is 20.3. The first-order valence-electron chi connectivity index (χ1n) is 9.35. The predicted octanol–water partition coefficient (Wildman–Crippen LogP) is 3.57. The lowest BCUT2D eigenvalue weighted by atomic mass is 9.96. The largest absolute Gasteiger partial charge is 0.325 e. The minimum Gasteiger partial charge on any atom is -0.325 e. The number of halogens is 2. The van der Waals surface area contributed by atoms with Crippen LogP contribution in [0.15, 0.2) is 42.5 Å². The van der Waals surface area contributed by atoms with Gasteiger partial charge in [-0.2, -0.15) is 17.4 Å². The summed E-state index contributed by atoms with van der Waals surface area (Å²) in [6.45, 7) is 0. The standard InChI is InChI=1S/C20H21ClFN3O3S/c1-25-19(20(26)23-15-7-8-17(22)16(21)10-15)11-18(24-29(25,27)28)14-4-2-3-13(9-14)12-5-6-12/h2-4,7-10,12,18-19,24H,5-6,11H2,1H3,(H,23,26). The fraction of sp³-hybridized carbons (Fsp3) is 0.350. The lowest BCUT2D eigenvalue weighted by Gasteiger charge is -2.36. The Bertz CT molecular complexity index is 1060. The molecule has 2 aliphatic rings. The fourth-order valence-electron chi connectivity index (χ4n) is 3.57. The van der Waals surface area contributed by atoms with E-state index in [0.717, 1.165) is 28.8 Å². The maximum Gasteiger partial charge on any atom is 0.280 e. The quantitative estimate of drug-likeness (QED) is 0.767. The second-order valence-electron chi connectivity index (χ2n) is 7.51. The maximum atomic E-state index is 13.3. The molecule has 0 spiro atoms. The molecule has 0 radical (unpaired) electrons. The Morgan fingerprint density at radius 1 is 1.21 bits per heavy atom. The molecule has 1 aliphatic heterocycles. The van der Waals surface area contributed by atoms with E-state index in [0.29, 0.717) is 11.6 Å². The summed E-state index contributed by atoms with van der Waals surface area (Å²) >= 11 is 5.76. The van der Waals surface area contributed by atoms with E-state index in [-0.39, 0.29) is 11.4 Å². The van der Waals surface area contributed by atoms with Gasteiger partial charge in [0.25, 0.3) is 10.2 Å².